The highest BCUT2D eigenvalue weighted by molar-refractivity contribution is 5.83. The van der Waals surface area contributed by atoms with Crippen molar-refractivity contribution in [3.63, 3.8) is 0 Å². The number of aliphatic hydroxyl groups excluding tert-OH is 1. The molecule has 0 fully saturated rings. The van der Waals surface area contributed by atoms with Gasteiger partial charge < -0.3 is 15.7 Å². The van der Waals surface area contributed by atoms with Crippen LogP contribution in [0, 0.1) is 6.92 Å². The quantitative estimate of drug-likeness (QED) is 0.798. The molecule has 0 aliphatic heterocycles. The van der Waals surface area contributed by atoms with Crippen LogP contribution in [0.1, 0.15) is 30.5 Å². The van der Waals surface area contributed by atoms with Gasteiger partial charge >= 0.3 is 0 Å². The second kappa shape index (κ2) is 7.13. The van der Waals surface area contributed by atoms with Gasteiger partial charge in [-0.2, -0.15) is 0 Å². The first-order chi connectivity index (χ1) is 8.60. The van der Waals surface area contributed by atoms with Crippen molar-refractivity contribution in [2.24, 2.45) is 5.73 Å². The monoisotopic (exact) mass is 250 g/mol. The van der Waals surface area contributed by atoms with Gasteiger partial charge in [0, 0.05) is 19.7 Å². The maximum atomic E-state index is 12.2. The first kappa shape index (κ1) is 14.7. The molecule has 18 heavy (non-hydrogen) atoms. The third-order valence-electron chi connectivity index (χ3n) is 2.98. The van der Waals surface area contributed by atoms with Crippen LogP contribution in [0.4, 0.5) is 0 Å². The lowest BCUT2D eigenvalue weighted by atomic mass is 10.0. The number of hydrogen-bond acceptors (Lipinski definition) is 3. The molecule has 0 heterocycles. The Morgan fingerprint density at radius 2 is 2.00 bits per heavy atom. The molecule has 0 aliphatic carbocycles. The standard InChI is InChI=1S/C14H22N2O2/c1-3-16(9-4-10-17)14(18)13(15)12-7-5-11(2)6-8-12/h5-8,13,17H,3-4,9-10,15H2,1-2H3. The number of carbonyl (C=O) groups is 1. The zero-order chi connectivity index (χ0) is 13.5. The molecule has 0 aliphatic rings. The van der Waals surface area contributed by atoms with E-state index in [2.05, 4.69) is 0 Å². The fourth-order valence-corrected chi connectivity index (χ4v) is 1.80. The summed E-state index contributed by atoms with van der Waals surface area (Å²) in [7, 11) is 0. The zero-order valence-corrected chi connectivity index (χ0v) is 11.1. The van der Waals surface area contributed by atoms with Gasteiger partial charge in [-0.3, -0.25) is 4.79 Å². The van der Waals surface area contributed by atoms with Crippen LogP contribution in [0.5, 0.6) is 0 Å². The van der Waals surface area contributed by atoms with Gasteiger partial charge in [0.25, 0.3) is 0 Å². The van der Waals surface area contributed by atoms with Crippen molar-refractivity contribution >= 4 is 5.91 Å². The van der Waals surface area contributed by atoms with E-state index in [0.29, 0.717) is 19.5 Å². The van der Waals surface area contributed by atoms with Crippen molar-refractivity contribution in [1.82, 2.24) is 4.90 Å². The smallest absolute Gasteiger partial charge is 0.244 e. The van der Waals surface area contributed by atoms with E-state index in [9.17, 15) is 4.79 Å². The lowest BCUT2D eigenvalue weighted by Crippen LogP contribution is -2.39. The van der Waals surface area contributed by atoms with E-state index in [4.69, 9.17) is 10.8 Å². The summed E-state index contributed by atoms with van der Waals surface area (Å²) in [5, 5.41) is 8.81. The van der Waals surface area contributed by atoms with E-state index in [0.717, 1.165) is 11.1 Å². The molecule has 1 amide bonds. The van der Waals surface area contributed by atoms with Crippen LogP contribution in [0.3, 0.4) is 0 Å². The van der Waals surface area contributed by atoms with E-state index >= 15 is 0 Å². The van der Waals surface area contributed by atoms with Gasteiger partial charge in [-0.1, -0.05) is 29.8 Å². The maximum absolute atomic E-state index is 12.2. The number of carbonyl (C=O) groups excluding carboxylic acids is 1. The number of nitrogens with two attached hydrogens (primary N) is 1. The Hall–Kier alpha value is -1.39. The number of hydrogen-bond donors (Lipinski definition) is 2. The Morgan fingerprint density at radius 3 is 2.50 bits per heavy atom. The molecule has 0 saturated carbocycles. The molecule has 0 radical (unpaired) electrons. The molecular formula is C14H22N2O2. The Balaban J connectivity index is 2.72. The van der Waals surface area contributed by atoms with Gasteiger partial charge in [0.15, 0.2) is 0 Å². The van der Waals surface area contributed by atoms with E-state index in [1.165, 1.54) is 0 Å². The molecule has 1 rings (SSSR count). The van der Waals surface area contributed by atoms with Crippen LogP contribution < -0.4 is 5.73 Å². The number of nitrogens with zero attached hydrogens (tertiary/aromatic N) is 1. The number of aryl methyl sites for hydroxylation is 1. The minimum Gasteiger partial charge on any atom is -0.396 e. The van der Waals surface area contributed by atoms with Gasteiger partial charge in [0.2, 0.25) is 5.91 Å². The highest BCUT2D eigenvalue weighted by Gasteiger charge is 2.20. The van der Waals surface area contributed by atoms with Crippen LogP contribution in [0.25, 0.3) is 0 Å². The van der Waals surface area contributed by atoms with E-state index < -0.39 is 6.04 Å². The number of benzene rings is 1. The van der Waals surface area contributed by atoms with Crippen molar-refractivity contribution in [2.75, 3.05) is 19.7 Å². The average Bonchev–Trinajstić information content (AvgIpc) is 2.39. The highest BCUT2D eigenvalue weighted by Crippen LogP contribution is 2.14. The number of aliphatic hydroxyl groups is 1. The molecule has 1 aromatic carbocycles. The molecule has 1 unspecified atom stereocenters. The summed E-state index contributed by atoms with van der Waals surface area (Å²) in [5.41, 5.74) is 7.95. The first-order valence-corrected chi connectivity index (χ1v) is 6.32. The van der Waals surface area contributed by atoms with Crippen molar-refractivity contribution in [1.29, 1.82) is 0 Å². The van der Waals surface area contributed by atoms with Gasteiger partial charge in [0.1, 0.15) is 6.04 Å². The fourth-order valence-electron chi connectivity index (χ4n) is 1.80. The molecule has 4 nitrogen and oxygen atoms in total. The highest BCUT2D eigenvalue weighted by atomic mass is 16.3. The third kappa shape index (κ3) is 3.82. The average molecular weight is 250 g/mol. The van der Waals surface area contributed by atoms with Crippen molar-refractivity contribution < 1.29 is 9.90 Å². The topological polar surface area (TPSA) is 66.6 Å². The number of amides is 1. The first-order valence-electron chi connectivity index (χ1n) is 6.32. The molecule has 0 bridgehead atoms. The fraction of sp³-hybridized carbons (Fsp3) is 0.500. The Morgan fingerprint density at radius 1 is 1.39 bits per heavy atom. The zero-order valence-electron chi connectivity index (χ0n) is 11.1. The predicted molar refractivity (Wildman–Crippen MR) is 72.1 cm³/mol. The van der Waals surface area contributed by atoms with E-state index in [-0.39, 0.29) is 12.5 Å². The van der Waals surface area contributed by atoms with E-state index in [1.807, 2.05) is 38.1 Å². The molecule has 3 N–H and O–H groups in total. The van der Waals surface area contributed by atoms with Crippen molar-refractivity contribution in [3.05, 3.63) is 35.4 Å². The number of likely N-dealkylation sites (N-methyl/N-ethyl adjacent to an activating group) is 1. The summed E-state index contributed by atoms with van der Waals surface area (Å²) >= 11 is 0. The second-order valence-electron chi connectivity index (χ2n) is 4.38. The van der Waals surface area contributed by atoms with Gasteiger partial charge in [-0.25, -0.2) is 0 Å². The van der Waals surface area contributed by atoms with Crippen LogP contribution in [0.2, 0.25) is 0 Å². The molecule has 0 saturated heterocycles. The third-order valence-corrected chi connectivity index (χ3v) is 2.98. The van der Waals surface area contributed by atoms with Gasteiger partial charge in [-0.05, 0) is 25.8 Å². The SMILES string of the molecule is CCN(CCCO)C(=O)C(N)c1ccc(C)cc1. The Bertz CT molecular complexity index is 376. The van der Waals surface area contributed by atoms with Crippen LogP contribution >= 0.6 is 0 Å². The predicted octanol–water partition coefficient (Wildman–Crippen LogP) is 1.23. The largest absolute Gasteiger partial charge is 0.396 e. The molecule has 0 aromatic heterocycles. The second-order valence-corrected chi connectivity index (χ2v) is 4.38. The molecular weight excluding hydrogens is 228 g/mol. The van der Waals surface area contributed by atoms with Gasteiger partial charge in [-0.15, -0.1) is 0 Å². The molecule has 100 valence electrons. The van der Waals surface area contributed by atoms with Crippen molar-refractivity contribution in [2.45, 2.75) is 26.3 Å². The van der Waals surface area contributed by atoms with Gasteiger partial charge in [0.05, 0.1) is 0 Å². The molecule has 0 spiro atoms. The maximum Gasteiger partial charge on any atom is 0.244 e. The van der Waals surface area contributed by atoms with Crippen molar-refractivity contribution in [3.8, 4) is 0 Å². The summed E-state index contributed by atoms with van der Waals surface area (Å²) in [6.07, 6.45) is 0.584. The molecule has 1 aromatic rings. The Labute approximate surface area is 108 Å². The lowest BCUT2D eigenvalue weighted by Gasteiger charge is -2.24. The summed E-state index contributed by atoms with van der Waals surface area (Å²) < 4.78 is 0. The summed E-state index contributed by atoms with van der Waals surface area (Å²) in [6, 6.07) is 7.05. The molecule has 4 heteroatoms. The number of rotatable bonds is 6. The van der Waals surface area contributed by atoms with Crippen LogP contribution in [-0.4, -0.2) is 35.6 Å². The van der Waals surface area contributed by atoms with E-state index in [1.54, 1.807) is 4.90 Å². The van der Waals surface area contributed by atoms with Crippen LogP contribution in [-0.2, 0) is 4.79 Å². The minimum atomic E-state index is -0.621. The normalized spacial score (nSPS) is 12.2. The summed E-state index contributed by atoms with van der Waals surface area (Å²) in [6.45, 7) is 5.15. The summed E-state index contributed by atoms with van der Waals surface area (Å²) in [4.78, 5) is 13.9. The lowest BCUT2D eigenvalue weighted by molar-refractivity contribution is -0.132. The molecule has 1 atom stereocenters. The van der Waals surface area contributed by atoms with Crippen LogP contribution in [0.15, 0.2) is 24.3 Å². The Kier molecular flexibility index (Phi) is 5.82. The summed E-state index contributed by atoms with van der Waals surface area (Å²) in [5.74, 6) is -0.0881. The minimum absolute atomic E-state index is 0.0869.